The molecule has 0 aliphatic rings. The van der Waals surface area contributed by atoms with Crippen molar-refractivity contribution in [2.24, 2.45) is 0 Å². The molecule has 1 aromatic heterocycles. The fourth-order valence-corrected chi connectivity index (χ4v) is 3.48. The second kappa shape index (κ2) is 7.90. The minimum Gasteiger partial charge on any atom is -0.326 e. The third-order valence-electron chi connectivity index (χ3n) is 4.63. The van der Waals surface area contributed by atoms with Crippen LogP contribution < -0.4 is 10.6 Å². The molecule has 2 aromatic carbocycles. The van der Waals surface area contributed by atoms with Gasteiger partial charge in [-0.05, 0) is 62.7 Å². The van der Waals surface area contributed by atoms with Gasteiger partial charge < -0.3 is 15.2 Å². The number of nitrogens with one attached hydrogen (secondary N) is 2. The van der Waals surface area contributed by atoms with E-state index in [2.05, 4.69) is 10.6 Å². The number of hydrogen-bond donors (Lipinski definition) is 2. The average molecular weight is 396 g/mol. The molecule has 1 heterocycles. The smallest absolute Gasteiger partial charge is 0.257 e. The summed E-state index contributed by atoms with van der Waals surface area (Å²) in [5, 5.41) is 6.37. The Morgan fingerprint density at radius 1 is 0.929 bits per heavy atom. The predicted octanol–water partition coefficient (Wildman–Crippen LogP) is 5.27. The Morgan fingerprint density at radius 2 is 1.57 bits per heavy atom. The Labute approximate surface area is 169 Å². The molecule has 28 heavy (non-hydrogen) atoms. The fraction of sp³-hybridized carbons (Fsp3) is 0.182. The Bertz CT molecular complexity index is 1070. The maximum Gasteiger partial charge on any atom is 0.257 e. The van der Waals surface area contributed by atoms with Crippen LogP contribution in [-0.2, 0) is 4.79 Å². The summed E-state index contributed by atoms with van der Waals surface area (Å²) in [6, 6.07) is 14.8. The summed E-state index contributed by atoms with van der Waals surface area (Å²) in [6.45, 7) is 7.17. The monoisotopic (exact) mass is 395 g/mol. The van der Waals surface area contributed by atoms with Crippen molar-refractivity contribution in [2.45, 2.75) is 27.7 Å². The van der Waals surface area contributed by atoms with Gasteiger partial charge in [-0.2, -0.15) is 0 Å². The molecule has 0 atom stereocenters. The molecule has 0 bridgehead atoms. The van der Waals surface area contributed by atoms with Crippen LogP contribution in [-0.4, -0.2) is 16.4 Å². The van der Waals surface area contributed by atoms with Crippen molar-refractivity contribution in [1.29, 1.82) is 0 Å². The van der Waals surface area contributed by atoms with Crippen LogP contribution in [0.3, 0.4) is 0 Å². The van der Waals surface area contributed by atoms with Crippen molar-refractivity contribution in [1.82, 2.24) is 4.57 Å². The van der Waals surface area contributed by atoms with E-state index >= 15 is 0 Å². The highest BCUT2D eigenvalue weighted by Gasteiger charge is 2.18. The number of hydrogen-bond acceptors (Lipinski definition) is 2. The number of aromatic nitrogens is 1. The minimum absolute atomic E-state index is 0.156. The van der Waals surface area contributed by atoms with Gasteiger partial charge in [-0.1, -0.05) is 23.7 Å². The summed E-state index contributed by atoms with van der Waals surface area (Å²) < 4.78 is 2.00. The SMILES string of the molecule is CC(=O)Nc1cccc(NC(=O)c2cc(C)n(-c3cccc(Cl)c3)c2C)c1C. The van der Waals surface area contributed by atoms with E-state index in [1.807, 2.05) is 61.7 Å². The molecule has 3 aromatic rings. The first-order chi connectivity index (χ1) is 13.3. The summed E-state index contributed by atoms with van der Waals surface area (Å²) >= 11 is 6.12. The molecule has 0 saturated carbocycles. The van der Waals surface area contributed by atoms with E-state index in [-0.39, 0.29) is 11.8 Å². The molecule has 2 N–H and O–H groups in total. The highest BCUT2D eigenvalue weighted by molar-refractivity contribution is 6.30. The number of carbonyl (C=O) groups is 2. The normalized spacial score (nSPS) is 10.6. The molecule has 2 amide bonds. The number of amides is 2. The maximum atomic E-state index is 12.9. The van der Waals surface area contributed by atoms with E-state index in [4.69, 9.17) is 11.6 Å². The van der Waals surface area contributed by atoms with E-state index in [0.717, 1.165) is 22.6 Å². The number of carbonyl (C=O) groups excluding carboxylic acids is 2. The third kappa shape index (κ3) is 3.94. The topological polar surface area (TPSA) is 63.1 Å². The lowest BCUT2D eigenvalue weighted by Gasteiger charge is -2.13. The van der Waals surface area contributed by atoms with Crippen LogP contribution in [0.25, 0.3) is 5.69 Å². The largest absolute Gasteiger partial charge is 0.326 e. The van der Waals surface area contributed by atoms with Gasteiger partial charge >= 0.3 is 0 Å². The first-order valence-corrected chi connectivity index (χ1v) is 9.29. The molecule has 144 valence electrons. The van der Waals surface area contributed by atoms with Gasteiger partial charge in [0, 0.05) is 40.4 Å². The van der Waals surface area contributed by atoms with E-state index in [1.54, 1.807) is 12.1 Å². The fourth-order valence-electron chi connectivity index (χ4n) is 3.29. The Hall–Kier alpha value is -3.05. The number of halogens is 1. The Morgan fingerprint density at radius 3 is 2.21 bits per heavy atom. The van der Waals surface area contributed by atoms with E-state index in [9.17, 15) is 9.59 Å². The summed E-state index contributed by atoms with van der Waals surface area (Å²) in [5.41, 5.74) is 5.39. The number of anilines is 2. The minimum atomic E-state index is -0.204. The van der Waals surface area contributed by atoms with Crippen LogP contribution in [0.15, 0.2) is 48.5 Å². The summed E-state index contributed by atoms with van der Waals surface area (Å²) in [7, 11) is 0. The lowest BCUT2D eigenvalue weighted by atomic mass is 10.1. The molecule has 3 rings (SSSR count). The number of aryl methyl sites for hydroxylation is 1. The molecular weight excluding hydrogens is 374 g/mol. The van der Waals surface area contributed by atoms with Crippen LogP contribution >= 0.6 is 11.6 Å². The van der Waals surface area contributed by atoms with Crippen LogP contribution in [0.5, 0.6) is 0 Å². The van der Waals surface area contributed by atoms with Gasteiger partial charge in [-0.15, -0.1) is 0 Å². The van der Waals surface area contributed by atoms with Gasteiger partial charge in [0.2, 0.25) is 5.91 Å². The van der Waals surface area contributed by atoms with Crippen molar-refractivity contribution >= 4 is 34.8 Å². The van der Waals surface area contributed by atoms with Crippen LogP contribution in [0, 0.1) is 20.8 Å². The summed E-state index contributed by atoms with van der Waals surface area (Å²) in [4.78, 5) is 24.3. The van der Waals surface area contributed by atoms with Crippen molar-refractivity contribution < 1.29 is 9.59 Å². The quantitative estimate of drug-likeness (QED) is 0.632. The molecule has 0 spiro atoms. The first-order valence-electron chi connectivity index (χ1n) is 8.91. The van der Waals surface area contributed by atoms with Gasteiger partial charge in [0.25, 0.3) is 5.91 Å². The second-order valence-corrected chi connectivity index (χ2v) is 7.15. The zero-order valence-corrected chi connectivity index (χ0v) is 17.0. The van der Waals surface area contributed by atoms with Gasteiger partial charge in [-0.3, -0.25) is 9.59 Å². The van der Waals surface area contributed by atoms with Gasteiger partial charge in [0.1, 0.15) is 0 Å². The second-order valence-electron chi connectivity index (χ2n) is 6.71. The van der Waals surface area contributed by atoms with Gasteiger partial charge in [0.05, 0.1) is 5.56 Å². The van der Waals surface area contributed by atoms with Gasteiger partial charge in [0.15, 0.2) is 0 Å². The molecule has 0 saturated heterocycles. The van der Waals surface area contributed by atoms with E-state index < -0.39 is 0 Å². The molecule has 6 heteroatoms. The molecule has 0 radical (unpaired) electrons. The predicted molar refractivity (Wildman–Crippen MR) is 114 cm³/mol. The molecule has 5 nitrogen and oxygen atoms in total. The maximum absolute atomic E-state index is 12.9. The van der Waals surface area contributed by atoms with Crippen LogP contribution in [0.1, 0.15) is 34.2 Å². The molecular formula is C22H22ClN3O2. The highest BCUT2D eigenvalue weighted by Crippen LogP contribution is 2.26. The summed E-state index contributed by atoms with van der Waals surface area (Å²) in [5.74, 6) is -0.360. The Balaban J connectivity index is 1.93. The average Bonchev–Trinajstić information content (AvgIpc) is 2.92. The van der Waals surface area contributed by atoms with Crippen LogP contribution in [0.4, 0.5) is 11.4 Å². The number of benzene rings is 2. The zero-order valence-electron chi connectivity index (χ0n) is 16.3. The standard InChI is InChI=1S/C22H22ClN3O2/c1-13-11-19(15(3)26(13)18-8-5-7-17(23)12-18)22(28)25-21-10-6-9-20(14(21)2)24-16(4)27/h5-12H,1-4H3,(H,24,27)(H,25,28). The van der Waals surface area contributed by atoms with Crippen LogP contribution in [0.2, 0.25) is 5.02 Å². The van der Waals surface area contributed by atoms with Crippen molar-refractivity contribution in [3.05, 3.63) is 76.1 Å². The molecule has 0 aliphatic carbocycles. The molecule has 0 unspecified atom stereocenters. The first kappa shape index (κ1) is 19.7. The summed E-state index contributed by atoms with van der Waals surface area (Å²) in [6.07, 6.45) is 0. The van der Waals surface area contributed by atoms with Crippen molar-refractivity contribution in [2.75, 3.05) is 10.6 Å². The number of rotatable bonds is 4. The Kier molecular flexibility index (Phi) is 5.56. The van der Waals surface area contributed by atoms with Crippen molar-refractivity contribution in [3.8, 4) is 5.69 Å². The van der Waals surface area contributed by atoms with Gasteiger partial charge in [-0.25, -0.2) is 0 Å². The lowest BCUT2D eigenvalue weighted by molar-refractivity contribution is -0.114. The van der Waals surface area contributed by atoms with Crippen molar-refractivity contribution in [3.63, 3.8) is 0 Å². The number of nitrogens with zero attached hydrogens (tertiary/aromatic N) is 1. The molecule has 0 aliphatic heterocycles. The third-order valence-corrected chi connectivity index (χ3v) is 4.87. The van der Waals surface area contributed by atoms with E-state index in [1.165, 1.54) is 6.92 Å². The van der Waals surface area contributed by atoms with E-state index in [0.29, 0.717) is 22.0 Å². The zero-order chi connectivity index (χ0) is 20.4. The highest BCUT2D eigenvalue weighted by atomic mass is 35.5. The lowest BCUT2D eigenvalue weighted by Crippen LogP contribution is -2.15. The molecule has 0 fully saturated rings.